The molecule has 0 spiro atoms. The lowest BCUT2D eigenvalue weighted by atomic mass is 10.0. The Kier molecular flexibility index (Phi) is 3.17. The number of hydrogen-bond donors (Lipinski definition) is 0. The molecule has 0 radical (unpaired) electrons. The summed E-state index contributed by atoms with van der Waals surface area (Å²) in [5, 5.41) is 2.24. The molecule has 3 rings (SSSR count). The van der Waals surface area contributed by atoms with Crippen LogP contribution >= 0.6 is 23.2 Å². The average molecular weight is 288 g/mol. The molecular weight excluding hydrogens is 277 g/mol. The van der Waals surface area contributed by atoms with Gasteiger partial charge in [-0.1, -0.05) is 53.5 Å². The van der Waals surface area contributed by atoms with Gasteiger partial charge in [-0.2, -0.15) is 0 Å². The van der Waals surface area contributed by atoms with E-state index < -0.39 is 0 Å². The second kappa shape index (κ2) is 4.84. The van der Waals surface area contributed by atoms with Gasteiger partial charge < -0.3 is 0 Å². The van der Waals surface area contributed by atoms with Crippen molar-refractivity contribution >= 4 is 34.1 Å². The highest BCUT2D eigenvalue weighted by Gasteiger charge is 2.09. The molecule has 1 aromatic heterocycles. The van der Waals surface area contributed by atoms with Crippen molar-refractivity contribution in [3.63, 3.8) is 0 Å². The quantitative estimate of drug-likeness (QED) is 0.537. The van der Waals surface area contributed by atoms with Crippen LogP contribution < -0.4 is 0 Å². The normalized spacial score (nSPS) is 10.9. The molecule has 0 atom stereocenters. The number of benzene rings is 2. The van der Waals surface area contributed by atoms with Gasteiger partial charge >= 0.3 is 0 Å². The summed E-state index contributed by atoms with van der Waals surface area (Å²) in [7, 11) is 0. The molecule has 0 N–H and O–H groups in total. The highest BCUT2D eigenvalue weighted by molar-refractivity contribution is 6.33. The van der Waals surface area contributed by atoms with Gasteiger partial charge in [0.25, 0.3) is 0 Å². The Bertz CT molecular complexity index is 752. The maximum absolute atomic E-state index is 6.31. The zero-order valence-electron chi connectivity index (χ0n) is 10.3. The van der Waals surface area contributed by atoms with Crippen molar-refractivity contribution in [1.82, 2.24) is 4.98 Å². The molecule has 0 bridgehead atoms. The van der Waals surface area contributed by atoms with E-state index in [1.54, 1.807) is 0 Å². The fourth-order valence-electron chi connectivity index (χ4n) is 2.22. The summed E-state index contributed by atoms with van der Waals surface area (Å²) in [6.45, 7) is 1.99. The third kappa shape index (κ3) is 2.32. The predicted octanol–water partition coefficient (Wildman–Crippen LogP) is 5.52. The van der Waals surface area contributed by atoms with Crippen molar-refractivity contribution < 1.29 is 0 Å². The Balaban J connectivity index is 2.31. The van der Waals surface area contributed by atoms with Gasteiger partial charge in [0.15, 0.2) is 0 Å². The number of fused-ring (bicyclic) bond motifs is 1. The Morgan fingerprint density at radius 2 is 1.68 bits per heavy atom. The van der Waals surface area contributed by atoms with Crippen LogP contribution in [0.1, 0.15) is 5.56 Å². The van der Waals surface area contributed by atoms with Gasteiger partial charge in [-0.05, 0) is 36.2 Å². The van der Waals surface area contributed by atoms with Crippen LogP contribution in [0.25, 0.3) is 22.0 Å². The second-order valence-electron chi connectivity index (χ2n) is 4.49. The zero-order valence-corrected chi connectivity index (χ0v) is 11.8. The van der Waals surface area contributed by atoms with E-state index in [0.29, 0.717) is 10.2 Å². The van der Waals surface area contributed by atoms with E-state index >= 15 is 0 Å². The third-order valence-electron chi connectivity index (χ3n) is 3.11. The van der Waals surface area contributed by atoms with E-state index in [9.17, 15) is 0 Å². The third-order valence-corrected chi connectivity index (χ3v) is 3.62. The van der Waals surface area contributed by atoms with E-state index in [4.69, 9.17) is 23.2 Å². The van der Waals surface area contributed by atoms with E-state index in [1.165, 1.54) is 0 Å². The second-order valence-corrected chi connectivity index (χ2v) is 5.28. The molecule has 1 nitrogen and oxygen atoms in total. The lowest BCUT2D eigenvalue weighted by Gasteiger charge is -2.08. The number of hydrogen-bond acceptors (Lipinski definition) is 1. The molecule has 0 aliphatic rings. The number of aryl methyl sites for hydroxylation is 1. The first-order valence-electron chi connectivity index (χ1n) is 5.97. The molecule has 0 unspecified atom stereocenters. The first kappa shape index (κ1) is 12.5. The minimum absolute atomic E-state index is 0.518. The van der Waals surface area contributed by atoms with Crippen molar-refractivity contribution in [3.05, 3.63) is 64.3 Å². The van der Waals surface area contributed by atoms with Gasteiger partial charge in [0, 0.05) is 16.0 Å². The molecule has 0 saturated carbocycles. The molecule has 0 amide bonds. The monoisotopic (exact) mass is 287 g/mol. The molecule has 3 aromatic rings. The molecular formula is C16H11Cl2N. The smallest absolute Gasteiger partial charge is 0.137 e. The number of pyridine rings is 1. The molecule has 94 valence electrons. The summed E-state index contributed by atoms with van der Waals surface area (Å²) in [5.41, 5.74) is 3.91. The largest absolute Gasteiger partial charge is 0.235 e. The maximum atomic E-state index is 6.31. The number of nitrogens with zero attached hydrogens (tertiary/aromatic N) is 1. The van der Waals surface area contributed by atoms with Crippen LogP contribution in [0.3, 0.4) is 0 Å². The topological polar surface area (TPSA) is 12.9 Å². The van der Waals surface area contributed by atoms with Crippen LogP contribution in [-0.2, 0) is 0 Å². The fourth-order valence-corrected chi connectivity index (χ4v) is 2.75. The number of aromatic nitrogens is 1. The van der Waals surface area contributed by atoms with Crippen molar-refractivity contribution in [1.29, 1.82) is 0 Å². The minimum atomic E-state index is 0.518. The minimum Gasteiger partial charge on any atom is -0.235 e. The molecule has 2 aromatic carbocycles. The van der Waals surface area contributed by atoms with Gasteiger partial charge in [0.1, 0.15) is 5.15 Å². The van der Waals surface area contributed by atoms with Crippen molar-refractivity contribution in [2.24, 2.45) is 0 Å². The molecule has 0 fully saturated rings. The molecule has 0 aliphatic carbocycles. The van der Waals surface area contributed by atoms with Gasteiger partial charge in [0.2, 0.25) is 0 Å². The molecule has 19 heavy (non-hydrogen) atoms. The first-order chi connectivity index (χ1) is 9.15. The van der Waals surface area contributed by atoms with Gasteiger partial charge in [-0.25, -0.2) is 4.98 Å². The number of rotatable bonds is 1. The molecule has 3 heteroatoms. The van der Waals surface area contributed by atoms with Crippen LogP contribution in [0.5, 0.6) is 0 Å². The summed E-state index contributed by atoms with van der Waals surface area (Å²) in [5.74, 6) is 0. The summed E-state index contributed by atoms with van der Waals surface area (Å²) in [4.78, 5) is 4.50. The summed E-state index contributed by atoms with van der Waals surface area (Å²) in [6.07, 6.45) is 0. The van der Waals surface area contributed by atoms with Crippen molar-refractivity contribution in [3.8, 4) is 11.1 Å². The first-order valence-corrected chi connectivity index (χ1v) is 6.72. The van der Waals surface area contributed by atoms with E-state index in [2.05, 4.69) is 4.98 Å². The highest BCUT2D eigenvalue weighted by Crippen LogP contribution is 2.32. The van der Waals surface area contributed by atoms with Gasteiger partial charge in [0.05, 0.1) is 5.52 Å². The van der Waals surface area contributed by atoms with E-state index in [0.717, 1.165) is 27.6 Å². The predicted molar refractivity (Wildman–Crippen MR) is 81.9 cm³/mol. The van der Waals surface area contributed by atoms with E-state index in [1.807, 2.05) is 55.5 Å². The Hall–Kier alpha value is -1.57. The fraction of sp³-hybridized carbons (Fsp3) is 0.0625. The van der Waals surface area contributed by atoms with Crippen LogP contribution in [0, 0.1) is 6.92 Å². The standard InChI is InChI=1S/C16H11Cl2N/c1-10-7-13(17)8-12-9-14(16(18)19-15(10)12)11-5-3-2-4-6-11/h2-9H,1H3. The maximum Gasteiger partial charge on any atom is 0.137 e. The highest BCUT2D eigenvalue weighted by atomic mass is 35.5. The summed E-state index contributed by atoms with van der Waals surface area (Å²) >= 11 is 12.4. The lowest BCUT2D eigenvalue weighted by molar-refractivity contribution is 1.36. The average Bonchev–Trinajstić information content (AvgIpc) is 2.40. The Morgan fingerprint density at radius 3 is 2.42 bits per heavy atom. The van der Waals surface area contributed by atoms with Crippen LogP contribution in [0.2, 0.25) is 10.2 Å². The molecule has 0 saturated heterocycles. The van der Waals surface area contributed by atoms with E-state index in [-0.39, 0.29) is 0 Å². The van der Waals surface area contributed by atoms with Crippen molar-refractivity contribution in [2.45, 2.75) is 6.92 Å². The Labute approximate surface area is 121 Å². The Morgan fingerprint density at radius 1 is 0.947 bits per heavy atom. The summed E-state index contributed by atoms with van der Waals surface area (Å²) in [6, 6.07) is 15.8. The van der Waals surface area contributed by atoms with Crippen LogP contribution in [0.4, 0.5) is 0 Å². The lowest BCUT2D eigenvalue weighted by Crippen LogP contribution is -1.89. The molecule has 0 aliphatic heterocycles. The zero-order chi connectivity index (χ0) is 13.4. The SMILES string of the molecule is Cc1cc(Cl)cc2cc(-c3ccccc3)c(Cl)nc12. The molecule has 1 heterocycles. The number of halogens is 2. The van der Waals surface area contributed by atoms with Crippen molar-refractivity contribution in [2.75, 3.05) is 0 Å². The van der Waals surface area contributed by atoms with Gasteiger partial charge in [-0.15, -0.1) is 0 Å². The van der Waals surface area contributed by atoms with Crippen LogP contribution in [0.15, 0.2) is 48.5 Å². The van der Waals surface area contributed by atoms with Gasteiger partial charge in [-0.3, -0.25) is 0 Å². The van der Waals surface area contributed by atoms with Crippen LogP contribution in [-0.4, -0.2) is 4.98 Å². The summed E-state index contributed by atoms with van der Waals surface area (Å²) < 4.78 is 0.